The number of nitro groups is 1. The number of alkyl halides is 3. The number of hydrazone groups is 1. The van der Waals surface area contributed by atoms with Gasteiger partial charge in [-0.25, -0.2) is 10.1 Å². The average Bonchev–Trinajstić information content (AvgIpc) is 2.47. The molecule has 0 aliphatic carbocycles. The lowest BCUT2D eigenvalue weighted by Gasteiger charge is -2.29. The van der Waals surface area contributed by atoms with E-state index in [1.54, 1.807) is 0 Å². The van der Waals surface area contributed by atoms with Gasteiger partial charge in [0.05, 0.1) is 0 Å². The Kier molecular flexibility index (Phi) is 3.86. The summed E-state index contributed by atoms with van der Waals surface area (Å²) in [6, 6.07) is 0. The number of halogens is 3. The van der Waals surface area contributed by atoms with E-state index in [4.69, 9.17) is 34.8 Å². The number of rotatable bonds is 3. The Morgan fingerprint density at radius 2 is 2.20 bits per heavy atom. The molecule has 1 aliphatic rings. The summed E-state index contributed by atoms with van der Waals surface area (Å²) in [6.07, 6.45) is 0.792. The zero-order valence-electron chi connectivity index (χ0n) is 7.81. The highest BCUT2D eigenvalue weighted by Crippen LogP contribution is 2.37. The molecular formula is C6H9Cl3N4O2. The molecule has 1 rings (SSSR count). The molecule has 0 radical (unpaired) electrons. The largest absolute Gasteiger partial charge is 0.263 e. The molecular weight excluding hydrogens is 266 g/mol. The predicted molar refractivity (Wildman–Crippen MR) is 58.4 cm³/mol. The third kappa shape index (κ3) is 2.76. The van der Waals surface area contributed by atoms with Crippen molar-refractivity contribution in [1.82, 2.24) is 10.0 Å². The van der Waals surface area contributed by atoms with Gasteiger partial charge in [0.25, 0.3) is 0 Å². The molecule has 0 aromatic heterocycles. The molecule has 15 heavy (non-hydrogen) atoms. The summed E-state index contributed by atoms with van der Waals surface area (Å²) in [5, 5.41) is 15.9. The Bertz CT molecular complexity index is 280. The molecule has 0 spiro atoms. The second kappa shape index (κ2) is 4.59. The van der Waals surface area contributed by atoms with Crippen LogP contribution in [-0.4, -0.2) is 37.9 Å². The van der Waals surface area contributed by atoms with Gasteiger partial charge in [0, 0.05) is 6.54 Å². The van der Waals surface area contributed by atoms with Crippen LogP contribution in [0, 0.1) is 10.1 Å². The van der Waals surface area contributed by atoms with Crippen molar-refractivity contribution in [3.05, 3.63) is 10.1 Å². The first-order valence-corrected chi connectivity index (χ1v) is 5.31. The Hall–Kier alpha value is -0.460. The fourth-order valence-electron chi connectivity index (χ4n) is 1.24. The quantitative estimate of drug-likeness (QED) is 0.448. The van der Waals surface area contributed by atoms with Crippen molar-refractivity contribution in [1.29, 1.82) is 0 Å². The minimum absolute atomic E-state index is 0.486. The number of nitrogens with zero attached hydrogens (tertiary/aromatic N) is 4. The van der Waals surface area contributed by atoms with Crippen molar-refractivity contribution in [2.24, 2.45) is 5.10 Å². The van der Waals surface area contributed by atoms with Crippen molar-refractivity contribution in [2.75, 3.05) is 6.54 Å². The van der Waals surface area contributed by atoms with Crippen LogP contribution in [0.5, 0.6) is 0 Å². The van der Waals surface area contributed by atoms with Crippen LogP contribution in [0.1, 0.15) is 13.3 Å². The van der Waals surface area contributed by atoms with Crippen LogP contribution in [0.3, 0.4) is 0 Å². The van der Waals surface area contributed by atoms with Gasteiger partial charge in [-0.15, -0.1) is 0 Å². The van der Waals surface area contributed by atoms with Crippen molar-refractivity contribution >= 4 is 41.1 Å². The highest BCUT2D eigenvalue weighted by atomic mass is 35.6. The average molecular weight is 276 g/mol. The summed E-state index contributed by atoms with van der Waals surface area (Å²) in [6.45, 7) is 2.39. The maximum atomic E-state index is 10.6. The molecule has 1 heterocycles. The highest BCUT2D eigenvalue weighted by molar-refractivity contribution is 6.68. The van der Waals surface area contributed by atoms with E-state index in [1.807, 2.05) is 6.92 Å². The minimum Gasteiger partial charge on any atom is -0.263 e. The van der Waals surface area contributed by atoms with Crippen molar-refractivity contribution in [2.45, 2.75) is 23.3 Å². The van der Waals surface area contributed by atoms with Gasteiger partial charge in [-0.05, 0) is 6.42 Å². The SMILES string of the molecule is CCCN1N=CN([N+](=O)[O-])C1C(Cl)(Cl)Cl. The molecule has 0 aromatic carbocycles. The summed E-state index contributed by atoms with van der Waals surface area (Å²) in [5.74, 6) is 0. The van der Waals surface area contributed by atoms with Gasteiger partial charge in [-0.3, -0.25) is 5.01 Å². The second-order valence-corrected chi connectivity index (χ2v) is 5.30. The van der Waals surface area contributed by atoms with Gasteiger partial charge in [0.1, 0.15) is 0 Å². The van der Waals surface area contributed by atoms with E-state index in [1.165, 1.54) is 5.01 Å². The number of hydrazine groups is 1. The van der Waals surface area contributed by atoms with Crippen LogP contribution in [0.4, 0.5) is 0 Å². The smallest absolute Gasteiger partial charge is 0.236 e. The molecule has 1 atom stereocenters. The van der Waals surface area contributed by atoms with Gasteiger partial charge < -0.3 is 0 Å². The number of hydrogen-bond acceptors (Lipinski definition) is 4. The molecule has 0 saturated carbocycles. The monoisotopic (exact) mass is 274 g/mol. The predicted octanol–water partition coefficient (Wildman–Crippen LogP) is 1.85. The summed E-state index contributed by atoms with van der Waals surface area (Å²) in [7, 11) is 0. The van der Waals surface area contributed by atoms with Gasteiger partial charge in [-0.2, -0.15) is 5.10 Å². The molecule has 9 heteroatoms. The zero-order valence-corrected chi connectivity index (χ0v) is 10.1. The van der Waals surface area contributed by atoms with E-state index in [0.717, 1.165) is 12.8 Å². The standard InChI is InChI=1S/C6H9Cl3N4O2/c1-2-3-11-5(6(7,8)9)12(4-10-11)13(14)15/h4-5H,2-3H2,1H3. The molecule has 0 bridgehead atoms. The minimum atomic E-state index is -1.79. The first kappa shape index (κ1) is 12.6. The van der Waals surface area contributed by atoms with Gasteiger partial charge in [-0.1, -0.05) is 46.7 Å². The van der Waals surface area contributed by atoms with E-state index in [2.05, 4.69) is 5.10 Å². The maximum absolute atomic E-state index is 10.6. The normalized spacial score (nSPS) is 21.2. The summed E-state index contributed by atoms with van der Waals surface area (Å²) < 4.78 is -1.79. The second-order valence-electron chi connectivity index (χ2n) is 2.93. The third-order valence-electron chi connectivity index (χ3n) is 1.79. The fourth-order valence-corrected chi connectivity index (χ4v) is 1.88. The lowest BCUT2D eigenvalue weighted by atomic mass is 10.4. The first-order valence-electron chi connectivity index (χ1n) is 4.18. The van der Waals surface area contributed by atoms with Crippen LogP contribution < -0.4 is 0 Å². The van der Waals surface area contributed by atoms with E-state index in [-0.39, 0.29) is 0 Å². The van der Waals surface area contributed by atoms with Gasteiger partial charge >= 0.3 is 0 Å². The number of hydrogen-bond donors (Lipinski definition) is 0. The van der Waals surface area contributed by atoms with Crippen molar-refractivity contribution in [3.63, 3.8) is 0 Å². The molecule has 0 N–H and O–H groups in total. The van der Waals surface area contributed by atoms with Gasteiger partial charge in [0.15, 0.2) is 11.4 Å². The van der Waals surface area contributed by atoms with E-state index in [9.17, 15) is 10.1 Å². The van der Waals surface area contributed by atoms with Crippen molar-refractivity contribution in [3.8, 4) is 0 Å². The van der Waals surface area contributed by atoms with E-state index >= 15 is 0 Å². The zero-order chi connectivity index (χ0) is 11.6. The van der Waals surface area contributed by atoms with Crippen LogP contribution in [0.2, 0.25) is 0 Å². The summed E-state index contributed by atoms with van der Waals surface area (Å²) in [5.41, 5.74) is 0. The van der Waals surface area contributed by atoms with Crippen LogP contribution in [0.15, 0.2) is 5.10 Å². The highest BCUT2D eigenvalue weighted by Gasteiger charge is 2.49. The lowest BCUT2D eigenvalue weighted by molar-refractivity contribution is -0.638. The molecule has 0 fully saturated rings. The molecule has 86 valence electrons. The maximum Gasteiger partial charge on any atom is 0.236 e. The molecule has 0 aromatic rings. The Labute approximate surface area is 101 Å². The Balaban J connectivity index is 2.87. The third-order valence-corrected chi connectivity index (χ3v) is 2.37. The van der Waals surface area contributed by atoms with E-state index in [0.29, 0.717) is 11.6 Å². The first-order chi connectivity index (χ1) is 6.88. The van der Waals surface area contributed by atoms with Crippen LogP contribution in [-0.2, 0) is 0 Å². The van der Waals surface area contributed by atoms with E-state index < -0.39 is 15.0 Å². The summed E-state index contributed by atoms with van der Waals surface area (Å²) >= 11 is 17.0. The molecule has 1 aliphatic heterocycles. The summed E-state index contributed by atoms with van der Waals surface area (Å²) in [4.78, 5) is 10.6. The fraction of sp³-hybridized carbons (Fsp3) is 0.833. The van der Waals surface area contributed by atoms with Crippen molar-refractivity contribution < 1.29 is 5.03 Å². The topological polar surface area (TPSA) is 62.0 Å². The Morgan fingerprint density at radius 1 is 1.60 bits per heavy atom. The molecule has 0 amide bonds. The molecule has 1 unspecified atom stereocenters. The molecule has 0 saturated heterocycles. The Morgan fingerprint density at radius 3 is 2.60 bits per heavy atom. The van der Waals surface area contributed by atoms with Gasteiger partial charge in [0.2, 0.25) is 9.96 Å². The molecule has 6 nitrogen and oxygen atoms in total. The van der Waals surface area contributed by atoms with Crippen LogP contribution in [0.25, 0.3) is 0 Å². The van der Waals surface area contributed by atoms with Crippen LogP contribution >= 0.6 is 34.8 Å². The lowest BCUT2D eigenvalue weighted by Crippen LogP contribution is -2.51.